The predicted octanol–water partition coefficient (Wildman–Crippen LogP) is 7.14. The molecule has 0 aromatic heterocycles. The molecule has 3 heteroatoms. The number of benzene rings is 1. The van der Waals surface area contributed by atoms with Crippen LogP contribution in [0.4, 0.5) is 0 Å². The minimum absolute atomic E-state index is 0.00687. The zero-order valence-corrected chi connectivity index (χ0v) is 19.9. The first-order valence-electron chi connectivity index (χ1n) is 12.2. The van der Waals surface area contributed by atoms with Crippen molar-refractivity contribution in [3.8, 4) is 5.75 Å². The van der Waals surface area contributed by atoms with Gasteiger partial charge in [-0.3, -0.25) is 0 Å². The summed E-state index contributed by atoms with van der Waals surface area (Å²) in [5.74, 6) is 3.84. The van der Waals surface area contributed by atoms with E-state index in [0.717, 1.165) is 19.3 Å². The Hall–Kier alpha value is -1.51. The summed E-state index contributed by atoms with van der Waals surface area (Å²) in [5, 5.41) is 0. The molecule has 0 bridgehead atoms. The Balaban J connectivity index is 1.76. The standard InChI is InChI=1S/C27H42O3/c1-17(2)21-13-11-19(5)15-25(21)29-24-10-8-7-9-23(24)27(28)30-26-16-20(6)12-14-22(26)18(3)4/h7-10,17-22,25-26H,11-16H2,1-6H3/t19-,20-,21+,22+,25-,26-/m1/s1. The van der Waals surface area contributed by atoms with Crippen molar-refractivity contribution in [1.82, 2.24) is 0 Å². The Bertz CT molecular complexity index is 695. The van der Waals surface area contributed by atoms with Crippen molar-refractivity contribution in [2.45, 2.75) is 92.3 Å². The highest BCUT2D eigenvalue weighted by atomic mass is 16.5. The number of ether oxygens (including phenoxy) is 2. The van der Waals surface area contributed by atoms with Crippen LogP contribution in [0.2, 0.25) is 0 Å². The maximum Gasteiger partial charge on any atom is 0.342 e. The highest BCUT2D eigenvalue weighted by Crippen LogP contribution is 2.38. The van der Waals surface area contributed by atoms with E-state index < -0.39 is 0 Å². The topological polar surface area (TPSA) is 35.5 Å². The Labute approximate surface area is 183 Å². The lowest BCUT2D eigenvalue weighted by Gasteiger charge is -2.38. The van der Waals surface area contributed by atoms with E-state index >= 15 is 0 Å². The summed E-state index contributed by atoms with van der Waals surface area (Å²) in [6.07, 6.45) is 7.04. The van der Waals surface area contributed by atoms with Gasteiger partial charge in [-0.25, -0.2) is 4.79 Å². The first-order valence-corrected chi connectivity index (χ1v) is 12.2. The molecule has 0 radical (unpaired) electrons. The fourth-order valence-electron chi connectivity index (χ4n) is 5.60. The van der Waals surface area contributed by atoms with Crippen LogP contribution in [0.15, 0.2) is 24.3 Å². The number of carbonyl (C=O) groups excluding carboxylic acids is 1. The molecule has 0 N–H and O–H groups in total. The molecule has 1 aromatic rings. The summed E-state index contributed by atoms with van der Waals surface area (Å²) in [6, 6.07) is 7.68. The van der Waals surface area contributed by atoms with Gasteiger partial charge in [-0.1, -0.05) is 66.5 Å². The number of para-hydroxylation sites is 1. The molecule has 3 rings (SSSR count). The molecule has 0 unspecified atom stereocenters. The lowest BCUT2D eigenvalue weighted by atomic mass is 9.75. The zero-order valence-electron chi connectivity index (χ0n) is 19.9. The molecular weight excluding hydrogens is 372 g/mol. The van der Waals surface area contributed by atoms with E-state index in [-0.39, 0.29) is 18.2 Å². The van der Waals surface area contributed by atoms with Gasteiger partial charge < -0.3 is 9.47 Å². The van der Waals surface area contributed by atoms with E-state index in [1.165, 1.54) is 19.3 Å². The number of esters is 1. The molecule has 6 atom stereocenters. The molecule has 0 heterocycles. The third-order valence-corrected chi connectivity index (χ3v) is 7.57. The van der Waals surface area contributed by atoms with Crippen LogP contribution in [0.1, 0.15) is 90.4 Å². The molecule has 168 valence electrons. The highest BCUT2D eigenvalue weighted by molar-refractivity contribution is 5.92. The Kier molecular flexibility index (Phi) is 7.87. The molecular formula is C27H42O3. The van der Waals surface area contributed by atoms with Crippen molar-refractivity contribution in [1.29, 1.82) is 0 Å². The van der Waals surface area contributed by atoms with Gasteiger partial charge in [0.25, 0.3) is 0 Å². The van der Waals surface area contributed by atoms with E-state index in [4.69, 9.17) is 9.47 Å². The van der Waals surface area contributed by atoms with Crippen molar-refractivity contribution < 1.29 is 14.3 Å². The summed E-state index contributed by atoms with van der Waals surface area (Å²) in [6.45, 7) is 13.6. The van der Waals surface area contributed by atoms with Crippen LogP contribution >= 0.6 is 0 Å². The van der Waals surface area contributed by atoms with Gasteiger partial charge in [-0.05, 0) is 73.3 Å². The Morgan fingerprint density at radius 1 is 0.833 bits per heavy atom. The van der Waals surface area contributed by atoms with Crippen LogP contribution < -0.4 is 4.74 Å². The summed E-state index contributed by atoms with van der Waals surface area (Å²) < 4.78 is 12.7. The smallest absolute Gasteiger partial charge is 0.342 e. The van der Waals surface area contributed by atoms with Gasteiger partial charge >= 0.3 is 5.97 Å². The number of hydrogen-bond acceptors (Lipinski definition) is 3. The lowest BCUT2D eigenvalue weighted by Crippen LogP contribution is -2.37. The van der Waals surface area contributed by atoms with Gasteiger partial charge in [-0.2, -0.15) is 0 Å². The molecule has 1 aromatic carbocycles. The first kappa shape index (κ1) is 23.2. The monoisotopic (exact) mass is 414 g/mol. The molecule has 0 saturated heterocycles. The molecule has 0 amide bonds. The number of hydrogen-bond donors (Lipinski definition) is 0. The molecule has 0 spiro atoms. The largest absolute Gasteiger partial charge is 0.489 e. The summed E-state index contributed by atoms with van der Waals surface area (Å²) in [4.78, 5) is 13.2. The fourth-order valence-corrected chi connectivity index (χ4v) is 5.60. The van der Waals surface area contributed by atoms with Crippen LogP contribution in [0.25, 0.3) is 0 Å². The van der Waals surface area contributed by atoms with Crippen LogP contribution in [-0.4, -0.2) is 18.2 Å². The van der Waals surface area contributed by atoms with Crippen LogP contribution in [0.3, 0.4) is 0 Å². The maximum atomic E-state index is 13.2. The summed E-state index contributed by atoms with van der Waals surface area (Å²) >= 11 is 0. The van der Waals surface area contributed by atoms with Crippen molar-refractivity contribution in [2.24, 2.45) is 35.5 Å². The second-order valence-electron chi connectivity index (χ2n) is 10.7. The molecule has 2 aliphatic rings. The SMILES string of the molecule is CC(C)[C@@H]1CC[C@@H](C)C[C@H]1OC(=O)c1ccccc1O[C@@H]1C[C@H](C)CC[C@H]1C(C)C. The van der Waals surface area contributed by atoms with E-state index in [2.05, 4.69) is 41.5 Å². The third-order valence-electron chi connectivity index (χ3n) is 7.57. The van der Waals surface area contributed by atoms with Gasteiger partial charge in [0.15, 0.2) is 0 Å². The zero-order chi connectivity index (χ0) is 21.8. The van der Waals surface area contributed by atoms with Gasteiger partial charge in [0.1, 0.15) is 23.5 Å². The van der Waals surface area contributed by atoms with Gasteiger partial charge in [0.05, 0.1) is 0 Å². The van der Waals surface area contributed by atoms with Crippen molar-refractivity contribution in [2.75, 3.05) is 0 Å². The van der Waals surface area contributed by atoms with Gasteiger partial charge in [0.2, 0.25) is 0 Å². The quantitative estimate of drug-likeness (QED) is 0.464. The lowest BCUT2D eigenvalue weighted by molar-refractivity contribution is -0.0182. The molecule has 2 aliphatic carbocycles. The predicted molar refractivity (Wildman–Crippen MR) is 123 cm³/mol. The van der Waals surface area contributed by atoms with Crippen LogP contribution in [-0.2, 0) is 4.74 Å². The molecule has 0 aliphatic heterocycles. The Morgan fingerprint density at radius 2 is 1.37 bits per heavy atom. The van der Waals surface area contributed by atoms with E-state index in [9.17, 15) is 4.79 Å². The summed E-state index contributed by atoms with van der Waals surface area (Å²) in [7, 11) is 0. The minimum atomic E-state index is -0.222. The third kappa shape index (κ3) is 5.59. The van der Waals surface area contributed by atoms with Crippen molar-refractivity contribution in [3.05, 3.63) is 29.8 Å². The molecule has 30 heavy (non-hydrogen) atoms. The van der Waals surface area contributed by atoms with E-state index in [0.29, 0.717) is 46.8 Å². The van der Waals surface area contributed by atoms with Gasteiger partial charge in [-0.15, -0.1) is 0 Å². The minimum Gasteiger partial charge on any atom is -0.489 e. The van der Waals surface area contributed by atoms with Crippen LogP contribution in [0.5, 0.6) is 5.75 Å². The average molecular weight is 415 g/mol. The van der Waals surface area contributed by atoms with E-state index in [1.54, 1.807) is 0 Å². The van der Waals surface area contributed by atoms with E-state index in [1.807, 2.05) is 24.3 Å². The van der Waals surface area contributed by atoms with Crippen molar-refractivity contribution >= 4 is 5.97 Å². The maximum absolute atomic E-state index is 13.2. The average Bonchev–Trinajstić information content (AvgIpc) is 2.68. The highest BCUT2D eigenvalue weighted by Gasteiger charge is 2.35. The van der Waals surface area contributed by atoms with Gasteiger partial charge in [0, 0.05) is 0 Å². The number of carbonyl (C=O) groups is 1. The molecule has 3 nitrogen and oxygen atoms in total. The fraction of sp³-hybridized carbons (Fsp3) is 0.741. The Morgan fingerprint density at radius 3 is 1.97 bits per heavy atom. The normalized spacial score (nSPS) is 32.3. The van der Waals surface area contributed by atoms with Crippen molar-refractivity contribution in [3.63, 3.8) is 0 Å². The second-order valence-corrected chi connectivity index (χ2v) is 10.7. The summed E-state index contributed by atoms with van der Waals surface area (Å²) in [5.41, 5.74) is 0.582. The second kappa shape index (κ2) is 10.2. The molecule has 2 saturated carbocycles. The van der Waals surface area contributed by atoms with Crippen LogP contribution in [0, 0.1) is 35.5 Å². The molecule has 2 fully saturated rings. The number of rotatable bonds is 6. The first-order chi connectivity index (χ1) is 14.3.